The molecule has 1 saturated heterocycles. The number of carbonyl (C=O) groups is 12. The Hall–Kier alpha value is -7.26. The minimum absolute atomic E-state index is 0. The van der Waals surface area contributed by atoms with E-state index in [1.54, 1.807) is 27.8 Å². The van der Waals surface area contributed by atoms with Crippen LogP contribution in [0.1, 0.15) is 194 Å². The van der Waals surface area contributed by atoms with Crippen molar-refractivity contribution in [2.75, 3.05) is 48.3 Å². The Bertz CT molecular complexity index is 1530. The molecule has 1 fully saturated rings. The summed E-state index contributed by atoms with van der Waals surface area (Å²) < 4.78 is 0. The number of aryl methyl sites for hydroxylation is 2. The largest absolute Gasteiger partial charge is 0.394 e. The summed E-state index contributed by atoms with van der Waals surface area (Å²) in [4.78, 5) is 112. The van der Waals surface area contributed by atoms with Crippen molar-refractivity contribution >= 4 is 78.8 Å². The highest BCUT2D eigenvalue weighted by Gasteiger charge is 2.29. The molecule has 4 rings (SSSR count). The first-order valence-corrected chi connectivity index (χ1v) is 30.8. The molecule has 22 N–H and O–H groups in total. The van der Waals surface area contributed by atoms with Crippen LogP contribution in [0, 0.1) is 17.8 Å². The second-order valence-corrected chi connectivity index (χ2v) is 17.1. The van der Waals surface area contributed by atoms with E-state index in [1.807, 2.05) is 150 Å². The monoisotopic (exact) mass is 1390 g/mol. The lowest BCUT2D eigenvalue weighted by Crippen LogP contribution is -2.54. The quantitative estimate of drug-likeness (QED) is 0.0901. The molecule has 0 unspecified atom stereocenters. The molecule has 0 bridgehead atoms. The predicted octanol–water partition coefficient (Wildman–Crippen LogP) is 12.6. The van der Waals surface area contributed by atoms with Gasteiger partial charge in [0.15, 0.2) is 0 Å². The molecule has 3 amide bonds. The standard InChI is InChI=1S/C20H29N3O3.2C8H10.2C5H12.C4H10.C3H8O.3C2H6.4CH5N.9CH2O.4H3N/c1-15(20(26)23-12-8-5-9-13-23)21-19(25)18(22(3)16(2)24)14-17-10-6-4-7-11-17;2*1-2-8-6-4-3-5-7-8;2*1-4-5(2)3;1-4(2)3;1-3(2)4;16*1-2;;;;/h4,6-7,10-11,15,18H,5,8-9,12-14H2,1-3H3,(H,21,25);2*3-7H,2H2,1H3;2*5H,4H2,1-3H3;4H,1-3H3;3-4H,1-2H3;3*1-2H3;4*2H2,1H3;9*1H2;4*1H3/t15-,18-;;;;;;;;;;;;;;;;;;;;;;;;;;/m0........................../s1. The number of carbonyl (C=O) groups excluding carboxylic acids is 12. The third-order valence-corrected chi connectivity index (χ3v) is 9.07. The Labute approximate surface area is 590 Å². The number of aliphatic hydroxyl groups is 1. The Balaban J connectivity index is -0.0000000310. The van der Waals surface area contributed by atoms with Gasteiger partial charge in [0.2, 0.25) is 17.7 Å². The van der Waals surface area contributed by atoms with E-state index in [4.69, 9.17) is 48.3 Å². The van der Waals surface area contributed by atoms with Crippen LogP contribution in [0.5, 0.6) is 0 Å². The zero-order valence-electron chi connectivity index (χ0n) is 66.4. The summed E-state index contributed by atoms with van der Waals surface area (Å²) in [6, 6.07) is 29.2. The Morgan fingerprint density at radius 2 is 0.646 bits per heavy atom. The molecule has 2 atom stereocenters. The molecular formula is C72H159N11O13. The van der Waals surface area contributed by atoms with Crippen molar-refractivity contribution in [2.24, 2.45) is 40.7 Å². The van der Waals surface area contributed by atoms with E-state index in [1.165, 1.54) is 64.0 Å². The minimum Gasteiger partial charge on any atom is -0.394 e. The Kier molecular flexibility index (Phi) is 295. The molecule has 24 heteroatoms. The van der Waals surface area contributed by atoms with Crippen LogP contribution in [0.2, 0.25) is 0 Å². The van der Waals surface area contributed by atoms with Crippen molar-refractivity contribution in [1.29, 1.82) is 0 Å². The Morgan fingerprint density at radius 3 is 0.812 bits per heavy atom. The van der Waals surface area contributed by atoms with Gasteiger partial charge in [0.05, 0.1) is 0 Å². The number of hydrogen-bond donors (Lipinski definition) is 10. The van der Waals surface area contributed by atoms with Gasteiger partial charge in [-0.1, -0.05) is 222 Å². The number of benzene rings is 3. The van der Waals surface area contributed by atoms with Crippen LogP contribution < -0.4 is 52.9 Å². The molecule has 580 valence electrons. The van der Waals surface area contributed by atoms with Crippen molar-refractivity contribution in [3.63, 3.8) is 0 Å². The highest BCUT2D eigenvalue weighted by molar-refractivity contribution is 5.91. The van der Waals surface area contributed by atoms with Gasteiger partial charge in [-0.05, 0) is 116 Å². The van der Waals surface area contributed by atoms with Crippen LogP contribution in [0.15, 0.2) is 91.0 Å². The summed E-state index contributed by atoms with van der Waals surface area (Å²) in [6.45, 7) is 62.2. The van der Waals surface area contributed by atoms with Gasteiger partial charge in [-0.25, -0.2) is 0 Å². The number of likely N-dealkylation sites (tertiary alicyclic amines) is 1. The minimum atomic E-state index is -0.647. The smallest absolute Gasteiger partial charge is 0.244 e. The third-order valence-electron chi connectivity index (χ3n) is 9.07. The second kappa shape index (κ2) is 179. The van der Waals surface area contributed by atoms with E-state index in [9.17, 15) is 14.4 Å². The van der Waals surface area contributed by atoms with Crippen molar-refractivity contribution in [1.82, 2.24) is 39.7 Å². The lowest BCUT2D eigenvalue weighted by atomic mass is 10.0. The first-order valence-electron chi connectivity index (χ1n) is 30.8. The average molecular weight is 1390 g/mol. The number of piperidine rings is 1. The summed E-state index contributed by atoms with van der Waals surface area (Å²) >= 11 is 0. The van der Waals surface area contributed by atoms with Crippen molar-refractivity contribution < 1.29 is 62.6 Å². The topological polar surface area (TPSA) is 488 Å². The molecule has 0 aromatic heterocycles. The van der Waals surface area contributed by atoms with Crippen molar-refractivity contribution in [3.8, 4) is 0 Å². The average Bonchev–Trinajstić information content (AvgIpc) is 3.83. The maximum Gasteiger partial charge on any atom is 0.244 e. The van der Waals surface area contributed by atoms with Gasteiger partial charge >= 0.3 is 0 Å². The van der Waals surface area contributed by atoms with Gasteiger partial charge in [0.1, 0.15) is 73.2 Å². The van der Waals surface area contributed by atoms with Gasteiger partial charge < -0.3 is 111 Å². The van der Waals surface area contributed by atoms with Gasteiger partial charge in [-0.2, -0.15) is 0 Å². The molecule has 1 heterocycles. The third kappa shape index (κ3) is 173. The summed E-state index contributed by atoms with van der Waals surface area (Å²) in [6.07, 6.45) is 8.30. The number of nitrogens with two attached hydrogens (primary N) is 4. The van der Waals surface area contributed by atoms with Gasteiger partial charge in [-0.3, -0.25) is 14.4 Å². The lowest BCUT2D eigenvalue weighted by Gasteiger charge is -2.31. The van der Waals surface area contributed by atoms with E-state index in [0.717, 1.165) is 68.5 Å². The molecule has 1 aliphatic heterocycles. The van der Waals surface area contributed by atoms with Crippen LogP contribution in [0.25, 0.3) is 0 Å². The van der Waals surface area contributed by atoms with E-state index >= 15 is 0 Å². The molecule has 24 nitrogen and oxygen atoms in total. The van der Waals surface area contributed by atoms with E-state index in [-0.39, 0.29) is 48.4 Å². The highest BCUT2D eigenvalue weighted by Crippen LogP contribution is 2.12. The SMILES string of the molecule is C=O.C=O.C=O.C=O.C=O.C=O.C=O.C=O.C=O.CC.CC.CC.CC(=O)N(C)[C@@H](Cc1ccccc1)C(=O)N[C@@H](C)C(=O)N1CCCCC1.CC(C)C.CC(C)O.CCC(C)C.CCC(C)C.CCc1ccccc1.CCc1ccccc1.CN.CN.CN.CN.N.N.N.N. The molecule has 0 saturated carbocycles. The fourth-order valence-electron chi connectivity index (χ4n) is 4.65. The lowest BCUT2D eigenvalue weighted by molar-refractivity contribution is -0.140. The highest BCUT2D eigenvalue weighted by atomic mass is 16.3. The predicted molar refractivity (Wildman–Crippen MR) is 419 cm³/mol. The molecule has 0 radical (unpaired) electrons. The molecule has 1 aliphatic rings. The first-order chi connectivity index (χ1) is 44.3. The number of aliphatic hydroxyl groups excluding tert-OH is 1. The van der Waals surface area contributed by atoms with Crippen LogP contribution in [0.4, 0.5) is 0 Å². The van der Waals surface area contributed by atoms with Crippen LogP contribution in [0.3, 0.4) is 0 Å². The van der Waals surface area contributed by atoms with E-state index in [0.29, 0.717) is 6.42 Å². The van der Waals surface area contributed by atoms with Crippen molar-refractivity contribution in [3.05, 3.63) is 108 Å². The fourth-order valence-corrected chi connectivity index (χ4v) is 4.65. The summed E-state index contributed by atoms with van der Waals surface area (Å²) in [5.41, 5.74) is 21.8. The number of hydrogen-bond acceptors (Lipinski definition) is 21. The maximum absolute atomic E-state index is 12.8. The van der Waals surface area contributed by atoms with Gasteiger partial charge in [-0.15, -0.1) is 0 Å². The Morgan fingerprint density at radius 1 is 0.448 bits per heavy atom. The molecule has 96 heavy (non-hydrogen) atoms. The van der Waals surface area contributed by atoms with Crippen LogP contribution in [-0.2, 0) is 76.8 Å². The summed E-state index contributed by atoms with van der Waals surface area (Å²) in [7, 11) is 7.62. The van der Waals surface area contributed by atoms with Crippen molar-refractivity contribution in [2.45, 2.75) is 215 Å². The summed E-state index contributed by atoms with van der Waals surface area (Å²) in [5, 5.41) is 10.9. The van der Waals surface area contributed by atoms with E-state index < -0.39 is 12.1 Å². The summed E-state index contributed by atoms with van der Waals surface area (Å²) in [5.74, 6) is 2.06. The zero-order chi connectivity index (χ0) is 78.5. The zero-order valence-corrected chi connectivity index (χ0v) is 66.4. The van der Waals surface area contributed by atoms with Gasteiger partial charge in [0, 0.05) is 39.6 Å². The molecule has 0 spiro atoms. The second-order valence-electron chi connectivity index (χ2n) is 17.1. The van der Waals surface area contributed by atoms with E-state index in [2.05, 4.69) is 153 Å². The number of nitrogens with one attached hydrogen (secondary N) is 1. The van der Waals surface area contributed by atoms with Crippen LogP contribution >= 0.6 is 0 Å². The molecule has 3 aromatic rings. The fraction of sp³-hybridized carbons (Fsp3) is 0.583. The van der Waals surface area contributed by atoms with Gasteiger partial charge in [0.25, 0.3) is 0 Å². The molecule has 0 aliphatic carbocycles. The maximum atomic E-state index is 12.8. The molecular weight excluding hydrogens is 1230 g/mol. The van der Waals surface area contributed by atoms with Crippen LogP contribution in [-0.4, -0.2) is 160 Å². The first kappa shape index (κ1) is 158. The normalized spacial score (nSPS) is 8.55. The number of rotatable bonds is 10. The molecule has 3 aromatic carbocycles. The number of nitrogens with zero attached hydrogens (tertiary/aromatic N) is 2. The number of likely N-dealkylation sites (N-methyl/N-ethyl adjacent to an activating group) is 1. The number of amides is 3.